The van der Waals surface area contributed by atoms with Crippen molar-refractivity contribution < 1.29 is 14.3 Å². The van der Waals surface area contributed by atoms with Gasteiger partial charge in [0.25, 0.3) is 0 Å². The normalized spacial score (nSPS) is 21.0. The van der Waals surface area contributed by atoms with Crippen molar-refractivity contribution in [2.75, 3.05) is 26.7 Å². The minimum Gasteiger partial charge on any atom is -0.497 e. The molecule has 1 aromatic heterocycles. The standard InChI is InChI=1S/C21H28N2O3/c1-14-10-20(21(24)13-22-11-15(2)26-16(3)12-22)17(4)23(14)18-6-8-19(25-5)9-7-18/h6-10,15-16H,11-13H2,1-5H3. The highest BCUT2D eigenvalue weighted by molar-refractivity contribution is 5.99. The Bertz CT molecular complexity index is 769. The average molecular weight is 356 g/mol. The Morgan fingerprint density at radius 3 is 2.35 bits per heavy atom. The van der Waals surface area contributed by atoms with Crippen molar-refractivity contribution in [3.05, 3.63) is 47.3 Å². The maximum Gasteiger partial charge on any atom is 0.178 e. The van der Waals surface area contributed by atoms with E-state index < -0.39 is 0 Å². The van der Waals surface area contributed by atoms with Crippen LogP contribution in [0.15, 0.2) is 30.3 Å². The van der Waals surface area contributed by atoms with Crippen molar-refractivity contribution >= 4 is 5.78 Å². The van der Waals surface area contributed by atoms with Crippen molar-refractivity contribution in [2.24, 2.45) is 0 Å². The summed E-state index contributed by atoms with van der Waals surface area (Å²) >= 11 is 0. The van der Waals surface area contributed by atoms with E-state index in [1.54, 1.807) is 7.11 Å². The van der Waals surface area contributed by atoms with Crippen LogP contribution in [0.4, 0.5) is 0 Å². The molecule has 2 heterocycles. The molecule has 1 aliphatic rings. The second-order valence-corrected chi connectivity index (χ2v) is 7.19. The molecule has 3 rings (SSSR count). The van der Waals surface area contributed by atoms with Crippen LogP contribution < -0.4 is 4.74 Å². The number of aromatic nitrogens is 1. The van der Waals surface area contributed by atoms with E-state index in [-0.39, 0.29) is 18.0 Å². The molecule has 1 saturated heterocycles. The van der Waals surface area contributed by atoms with E-state index >= 15 is 0 Å². The Labute approximate surface area is 155 Å². The smallest absolute Gasteiger partial charge is 0.178 e. The zero-order valence-electron chi connectivity index (χ0n) is 16.3. The number of methoxy groups -OCH3 is 1. The summed E-state index contributed by atoms with van der Waals surface area (Å²) in [6, 6.07) is 9.89. The number of aryl methyl sites for hydroxylation is 1. The summed E-state index contributed by atoms with van der Waals surface area (Å²) < 4.78 is 13.1. The molecule has 26 heavy (non-hydrogen) atoms. The van der Waals surface area contributed by atoms with Gasteiger partial charge in [0.2, 0.25) is 0 Å². The molecular formula is C21H28N2O3. The first kappa shape index (κ1) is 18.7. The molecule has 1 aliphatic heterocycles. The van der Waals surface area contributed by atoms with Gasteiger partial charge in [-0.15, -0.1) is 0 Å². The first-order valence-electron chi connectivity index (χ1n) is 9.13. The van der Waals surface area contributed by atoms with Crippen molar-refractivity contribution in [2.45, 2.75) is 39.9 Å². The van der Waals surface area contributed by atoms with E-state index in [9.17, 15) is 4.79 Å². The molecule has 2 atom stereocenters. The quantitative estimate of drug-likeness (QED) is 0.770. The van der Waals surface area contributed by atoms with Gasteiger partial charge in [0.1, 0.15) is 5.75 Å². The highest BCUT2D eigenvalue weighted by Gasteiger charge is 2.25. The number of nitrogens with zero attached hydrogens (tertiary/aromatic N) is 2. The van der Waals surface area contributed by atoms with E-state index in [2.05, 4.69) is 23.3 Å². The zero-order valence-corrected chi connectivity index (χ0v) is 16.3. The van der Waals surface area contributed by atoms with Crippen LogP contribution in [0.3, 0.4) is 0 Å². The minimum absolute atomic E-state index is 0.165. The fourth-order valence-corrected chi connectivity index (χ4v) is 3.88. The van der Waals surface area contributed by atoms with Gasteiger partial charge >= 0.3 is 0 Å². The molecule has 140 valence electrons. The second kappa shape index (κ2) is 7.64. The van der Waals surface area contributed by atoms with Crippen LogP contribution in [0.2, 0.25) is 0 Å². The molecule has 5 heteroatoms. The van der Waals surface area contributed by atoms with Crippen LogP contribution in [0.1, 0.15) is 35.6 Å². The number of carbonyl (C=O) groups excluding carboxylic acids is 1. The minimum atomic E-state index is 0.165. The lowest BCUT2D eigenvalue weighted by Gasteiger charge is -2.34. The molecule has 0 saturated carbocycles. The Kier molecular flexibility index (Phi) is 5.49. The highest BCUT2D eigenvalue weighted by atomic mass is 16.5. The van der Waals surface area contributed by atoms with Gasteiger partial charge in [-0.1, -0.05) is 0 Å². The second-order valence-electron chi connectivity index (χ2n) is 7.19. The third-order valence-electron chi connectivity index (χ3n) is 4.92. The lowest BCUT2D eigenvalue weighted by molar-refractivity contribution is -0.0652. The number of morpholine rings is 1. The number of carbonyl (C=O) groups is 1. The van der Waals surface area contributed by atoms with Crippen molar-refractivity contribution in [1.82, 2.24) is 9.47 Å². The van der Waals surface area contributed by atoms with Crippen molar-refractivity contribution in [3.8, 4) is 11.4 Å². The molecule has 5 nitrogen and oxygen atoms in total. The van der Waals surface area contributed by atoms with Gasteiger partial charge in [-0.2, -0.15) is 0 Å². The van der Waals surface area contributed by atoms with Gasteiger partial charge in [0.15, 0.2) is 5.78 Å². The van der Waals surface area contributed by atoms with Crippen LogP contribution in [0.5, 0.6) is 5.75 Å². The molecule has 0 N–H and O–H groups in total. The molecule has 1 fully saturated rings. The van der Waals surface area contributed by atoms with Gasteiger partial charge in [-0.25, -0.2) is 0 Å². The molecule has 0 radical (unpaired) electrons. The molecule has 1 aromatic carbocycles. The van der Waals surface area contributed by atoms with E-state index in [0.717, 1.165) is 41.5 Å². The van der Waals surface area contributed by atoms with E-state index in [1.165, 1.54) is 0 Å². The topological polar surface area (TPSA) is 43.7 Å². The van der Waals surface area contributed by atoms with Crippen LogP contribution in [-0.4, -0.2) is 54.2 Å². The third kappa shape index (κ3) is 3.84. The molecule has 2 aromatic rings. The van der Waals surface area contributed by atoms with Crippen molar-refractivity contribution in [1.29, 1.82) is 0 Å². The largest absolute Gasteiger partial charge is 0.497 e. The van der Waals surface area contributed by atoms with Crippen LogP contribution in [-0.2, 0) is 4.74 Å². The maximum absolute atomic E-state index is 12.9. The predicted molar refractivity (Wildman–Crippen MR) is 103 cm³/mol. The average Bonchev–Trinajstić information content (AvgIpc) is 2.89. The van der Waals surface area contributed by atoms with Crippen LogP contribution in [0, 0.1) is 13.8 Å². The summed E-state index contributed by atoms with van der Waals surface area (Å²) in [5, 5.41) is 0. The summed E-state index contributed by atoms with van der Waals surface area (Å²) in [5.41, 5.74) is 3.87. The first-order chi connectivity index (χ1) is 12.4. The molecular weight excluding hydrogens is 328 g/mol. The zero-order chi connectivity index (χ0) is 18.8. The summed E-state index contributed by atoms with van der Waals surface area (Å²) in [4.78, 5) is 15.1. The van der Waals surface area contributed by atoms with E-state index in [4.69, 9.17) is 9.47 Å². The summed E-state index contributed by atoms with van der Waals surface area (Å²) in [6.45, 7) is 10.2. The van der Waals surface area contributed by atoms with Crippen LogP contribution >= 0.6 is 0 Å². The Morgan fingerprint density at radius 1 is 1.15 bits per heavy atom. The maximum atomic E-state index is 12.9. The number of Topliss-reactive ketones (excluding diaryl/α,β-unsaturated/α-hetero) is 1. The van der Waals surface area contributed by atoms with Gasteiger partial charge in [0.05, 0.1) is 25.9 Å². The first-order valence-corrected chi connectivity index (χ1v) is 9.13. The number of benzene rings is 1. The molecule has 0 bridgehead atoms. The fraction of sp³-hybridized carbons (Fsp3) is 0.476. The molecule has 0 spiro atoms. The Hall–Kier alpha value is -2.11. The molecule has 0 aliphatic carbocycles. The van der Waals surface area contributed by atoms with Crippen LogP contribution in [0.25, 0.3) is 5.69 Å². The van der Waals surface area contributed by atoms with E-state index in [1.807, 2.05) is 44.2 Å². The number of rotatable bonds is 5. The van der Waals surface area contributed by atoms with Gasteiger partial charge < -0.3 is 14.0 Å². The third-order valence-corrected chi connectivity index (χ3v) is 4.92. The highest BCUT2D eigenvalue weighted by Crippen LogP contribution is 2.23. The molecule has 0 amide bonds. The number of hydrogen-bond acceptors (Lipinski definition) is 4. The summed E-state index contributed by atoms with van der Waals surface area (Å²) in [7, 11) is 1.66. The summed E-state index contributed by atoms with van der Waals surface area (Å²) in [5.74, 6) is 0.988. The Morgan fingerprint density at radius 2 is 1.77 bits per heavy atom. The lowest BCUT2D eigenvalue weighted by Crippen LogP contribution is -2.47. The monoisotopic (exact) mass is 356 g/mol. The van der Waals surface area contributed by atoms with Crippen molar-refractivity contribution in [3.63, 3.8) is 0 Å². The SMILES string of the molecule is COc1ccc(-n2c(C)cc(C(=O)CN3CC(C)OC(C)C3)c2C)cc1. The fourth-order valence-electron chi connectivity index (χ4n) is 3.88. The number of ketones is 1. The lowest BCUT2D eigenvalue weighted by atomic mass is 10.1. The number of ether oxygens (including phenoxy) is 2. The number of hydrogen-bond donors (Lipinski definition) is 0. The Balaban J connectivity index is 1.81. The molecule has 2 unspecified atom stereocenters. The summed E-state index contributed by atoms with van der Waals surface area (Å²) in [6.07, 6.45) is 0.330. The van der Waals surface area contributed by atoms with Gasteiger partial charge in [0, 0.05) is 35.7 Å². The van der Waals surface area contributed by atoms with Gasteiger partial charge in [-0.3, -0.25) is 9.69 Å². The predicted octanol–water partition coefficient (Wildman–Crippen LogP) is 3.39. The van der Waals surface area contributed by atoms with E-state index in [0.29, 0.717) is 6.54 Å². The van der Waals surface area contributed by atoms with Gasteiger partial charge in [-0.05, 0) is 58.0 Å².